The van der Waals surface area contributed by atoms with E-state index in [1.807, 2.05) is 18.4 Å². The Morgan fingerprint density at radius 1 is 1.35 bits per heavy atom. The lowest BCUT2D eigenvalue weighted by atomic mass is 10.3. The quantitative estimate of drug-likeness (QED) is 0.637. The molecule has 1 fully saturated rings. The maximum Gasteiger partial charge on any atom is 0.193 e. The van der Waals surface area contributed by atoms with Crippen molar-refractivity contribution < 1.29 is 0 Å². The highest BCUT2D eigenvalue weighted by Gasteiger charge is 2.20. The number of hydrogen-bond donors (Lipinski definition) is 1. The van der Waals surface area contributed by atoms with Crippen LogP contribution in [-0.4, -0.2) is 74.7 Å². The Morgan fingerprint density at radius 3 is 2.61 bits per heavy atom. The van der Waals surface area contributed by atoms with Crippen molar-refractivity contribution in [1.82, 2.24) is 15.1 Å². The Balaban J connectivity index is 1.77. The smallest absolute Gasteiger partial charge is 0.193 e. The van der Waals surface area contributed by atoms with Crippen LogP contribution in [0.15, 0.2) is 22.5 Å². The molecule has 0 atom stereocenters. The zero-order chi connectivity index (χ0) is 16.7. The molecule has 0 aromatic carbocycles. The van der Waals surface area contributed by atoms with Crippen LogP contribution in [0.3, 0.4) is 0 Å². The molecule has 1 aromatic heterocycles. The van der Waals surface area contributed by atoms with E-state index in [0.717, 1.165) is 51.8 Å². The number of thiophene rings is 1. The average Bonchev–Trinajstić information content (AvgIpc) is 3.09. The molecule has 5 nitrogen and oxygen atoms in total. The highest BCUT2D eigenvalue weighted by molar-refractivity contribution is 7.14. The van der Waals surface area contributed by atoms with Crippen LogP contribution in [0.5, 0.6) is 0 Å². The number of aliphatic imine (C=N–C) groups is 1. The molecule has 6 heteroatoms. The number of piperazine rings is 1. The number of guanidine groups is 1. The van der Waals surface area contributed by atoms with Crippen LogP contribution < -0.4 is 10.2 Å². The van der Waals surface area contributed by atoms with Gasteiger partial charge in [0.2, 0.25) is 0 Å². The zero-order valence-corrected chi connectivity index (χ0v) is 15.8. The Kier molecular flexibility index (Phi) is 7.17. The van der Waals surface area contributed by atoms with Crippen molar-refractivity contribution in [2.45, 2.75) is 26.8 Å². The summed E-state index contributed by atoms with van der Waals surface area (Å²) < 4.78 is 0. The highest BCUT2D eigenvalue weighted by atomic mass is 32.1. The van der Waals surface area contributed by atoms with E-state index < -0.39 is 0 Å². The number of nitrogens with zero attached hydrogens (tertiary/aromatic N) is 4. The van der Waals surface area contributed by atoms with Crippen molar-refractivity contribution >= 4 is 22.3 Å². The SMILES string of the molecule is CCN(CCNC(=NC)N1CCN(c2cccs2)CC1)C(C)C. The molecule has 0 bridgehead atoms. The molecule has 1 aliphatic rings. The number of hydrogen-bond acceptors (Lipinski definition) is 4. The lowest BCUT2D eigenvalue weighted by molar-refractivity contribution is 0.236. The van der Waals surface area contributed by atoms with Gasteiger partial charge in [-0.05, 0) is 37.9 Å². The lowest BCUT2D eigenvalue weighted by Gasteiger charge is -2.37. The Bertz CT molecular complexity index is 463. The molecule has 0 aliphatic carbocycles. The van der Waals surface area contributed by atoms with Crippen molar-refractivity contribution in [1.29, 1.82) is 0 Å². The number of likely N-dealkylation sites (N-methyl/N-ethyl adjacent to an activating group) is 1. The first kappa shape index (κ1) is 18.1. The summed E-state index contributed by atoms with van der Waals surface area (Å²) in [5.74, 6) is 1.04. The van der Waals surface area contributed by atoms with Gasteiger partial charge in [-0.2, -0.15) is 0 Å². The van der Waals surface area contributed by atoms with E-state index >= 15 is 0 Å². The van der Waals surface area contributed by atoms with Crippen LogP contribution in [0.2, 0.25) is 0 Å². The Morgan fingerprint density at radius 2 is 2.09 bits per heavy atom. The topological polar surface area (TPSA) is 34.1 Å². The molecule has 1 N–H and O–H groups in total. The van der Waals surface area contributed by atoms with Gasteiger partial charge in [0.1, 0.15) is 0 Å². The monoisotopic (exact) mass is 337 g/mol. The third kappa shape index (κ3) is 5.11. The van der Waals surface area contributed by atoms with Crippen molar-refractivity contribution in [3.8, 4) is 0 Å². The molecule has 1 aliphatic heterocycles. The zero-order valence-electron chi connectivity index (χ0n) is 15.0. The molecule has 130 valence electrons. The third-order valence-corrected chi connectivity index (χ3v) is 5.36. The van der Waals surface area contributed by atoms with E-state index in [-0.39, 0.29) is 0 Å². The molecular formula is C17H31N5S. The fourth-order valence-corrected chi connectivity index (χ4v) is 3.80. The second kappa shape index (κ2) is 9.13. The van der Waals surface area contributed by atoms with Gasteiger partial charge in [0.15, 0.2) is 5.96 Å². The average molecular weight is 338 g/mol. The minimum absolute atomic E-state index is 0.596. The molecule has 1 aromatic rings. The molecular weight excluding hydrogens is 306 g/mol. The summed E-state index contributed by atoms with van der Waals surface area (Å²) >= 11 is 1.82. The standard InChI is InChI=1S/C17H31N5S/c1-5-20(15(2)3)9-8-19-17(18-4)22-12-10-21(11-13-22)16-7-6-14-23-16/h6-7,14-15H,5,8-13H2,1-4H3,(H,18,19). The number of anilines is 1. The molecule has 1 saturated heterocycles. The molecule has 23 heavy (non-hydrogen) atoms. The second-order valence-corrected chi connectivity index (χ2v) is 7.05. The van der Waals surface area contributed by atoms with Gasteiger partial charge in [-0.15, -0.1) is 11.3 Å². The minimum atomic E-state index is 0.596. The maximum atomic E-state index is 4.46. The molecule has 0 amide bonds. The predicted octanol–water partition coefficient (Wildman–Crippen LogP) is 2.18. The van der Waals surface area contributed by atoms with E-state index in [9.17, 15) is 0 Å². The van der Waals surface area contributed by atoms with E-state index in [1.165, 1.54) is 5.00 Å². The summed E-state index contributed by atoms with van der Waals surface area (Å²) in [4.78, 5) is 11.8. The third-order valence-electron chi connectivity index (χ3n) is 4.43. The summed E-state index contributed by atoms with van der Waals surface area (Å²) in [6.07, 6.45) is 0. The van der Waals surface area contributed by atoms with Crippen molar-refractivity contribution in [3.05, 3.63) is 17.5 Å². The van der Waals surface area contributed by atoms with Gasteiger partial charge >= 0.3 is 0 Å². The molecule has 0 radical (unpaired) electrons. The van der Waals surface area contributed by atoms with Crippen molar-refractivity contribution in [2.75, 3.05) is 57.8 Å². The van der Waals surface area contributed by atoms with Crippen molar-refractivity contribution in [3.63, 3.8) is 0 Å². The van der Waals surface area contributed by atoms with Crippen LogP contribution in [0.25, 0.3) is 0 Å². The lowest BCUT2D eigenvalue weighted by Crippen LogP contribution is -2.53. The van der Waals surface area contributed by atoms with Crippen LogP contribution in [-0.2, 0) is 0 Å². The summed E-state index contributed by atoms with van der Waals surface area (Å²) in [6.45, 7) is 14.0. The van der Waals surface area contributed by atoms with E-state index in [1.54, 1.807) is 0 Å². The summed E-state index contributed by atoms with van der Waals surface area (Å²) in [7, 11) is 1.88. The second-order valence-electron chi connectivity index (χ2n) is 6.12. The predicted molar refractivity (Wildman–Crippen MR) is 102 cm³/mol. The normalized spacial score (nSPS) is 16.5. The van der Waals surface area contributed by atoms with Gasteiger partial charge in [-0.3, -0.25) is 9.89 Å². The Hall–Kier alpha value is -1.27. The van der Waals surface area contributed by atoms with E-state index in [2.05, 4.69) is 63.3 Å². The first-order chi connectivity index (χ1) is 11.2. The molecule has 0 unspecified atom stereocenters. The first-order valence-corrected chi connectivity index (χ1v) is 9.51. The van der Waals surface area contributed by atoms with Crippen LogP contribution in [0.1, 0.15) is 20.8 Å². The van der Waals surface area contributed by atoms with Gasteiger partial charge in [-0.1, -0.05) is 6.92 Å². The van der Waals surface area contributed by atoms with Crippen molar-refractivity contribution in [2.24, 2.45) is 4.99 Å². The summed E-state index contributed by atoms with van der Waals surface area (Å²) in [6, 6.07) is 4.93. The largest absolute Gasteiger partial charge is 0.360 e. The maximum absolute atomic E-state index is 4.46. The van der Waals surface area contributed by atoms with E-state index in [0.29, 0.717) is 6.04 Å². The summed E-state index contributed by atoms with van der Waals surface area (Å²) in [5, 5.41) is 7.05. The van der Waals surface area contributed by atoms with Gasteiger partial charge in [-0.25, -0.2) is 0 Å². The highest BCUT2D eigenvalue weighted by Crippen LogP contribution is 2.22. The molecule has 2 rings (SSSR count). The Labute approximate surface area is 145 Å². The molecule has 0 spiro atoms. The van der Waals surface area contributed by atoms with Gasteiger partial charge < -0.3 is 15.1 Å². The molecule has 0 saturated carbocycles. The molecule has 2 heterocycles. The van der Waals surface area contributed by atoms with Crippen LogP contribution in [0, 0.1) is 0 Å². The number of nitrogens with one attached hydrogen (secondary N) is 1. The van der Waals surface area contributed by atoms with E-state index in [4.69, 9.17) is 0 Å². The number of rotatable bonds is 6. The minimum Gasteiger partial charge on any atom is -0.360 e. The van der Waals surface area contributed by atoms with Crippen LogP contribution in [0.4, 0.5) is 5.00 Å². The summed E-state index contributed by atoms with van der Waals surface area (Å²) in [5.41, 5.74) is 0. The van der Waals surface area contributed by atoms with Gasteiger partial charge in [0.25, 0.3) is 0 Å². The fraction of sp³-hybridized carbons (Fsp3) is 0.706. The van der Waals surface area contributed by atoms with Gasteiger partial charge in [0, 0.05) is 52.4 Å². The fourth-order valence-electron chi connectivity index (χ4n) is 3.01. The first-order valence-electron chi connectivity index (χ1n) is 8.63. The van der Waals surface area contributed by atoms with Gasteiger partial charge in [0.05, 0.1) is 5.00 Å². The van der Waals surface area contributed by atoms with Crippen LogP contribution >= 0.6 is 11.3 Å².